The molecule has 0 amide bonds. The van der Waals surface area contributed by atoms with Gasteiger partial charge < -0.3 is 9.84 Å². The first kappa shape index (κ1) is 14.8. The van der Waals surface area contributed by atoms with Gasteiger partial charge in [0, 0.05) is 12.1 Å². The van der Waals surface area contributed by atoms with Gasteiger partial charge in [0.15, 0.2) is 0 Å². The van der Waals surface area contributed by atoms with E-state index >= 15 is 0 Å². The van der Waals surface area contributed by atoms with E-state index < -0.39 is 5.97 Å². The fourth-order valence-electron chi connectivity index (χ4n) is 3.57. The third-order valence-corrected chi connectivity index (χ3v) is 4.57. The second kappa shape index (κ2) is 7.25. The largest absolute Gasteiger partial charge is 0.481 e. The Morgan fingerprint density at radius 3 is 2.47 bits per heavy atom. The zero-order valence-corrected chi connectivity index (χ0v) is 12.0. The summed E-state index contributed by atoms with van der Waals surface area (Å²) >= 11 is 0. The molecular weight excluding hydrogens is 242 g/mol. The number of carboxylic acids is 1. The summed E-state index contributed by atoms with van der Waals surface area (Å²) in [6.45, 7) is 4.15. The van der Waals surface area contributed by atoms with Gasteiger partial charge in [0.2, 0.25) is 0 Å². The molecular formula is C15H27NO3. The maximum atomic E-state index is 11.4. The molecule has 2 rings (SSSR count). The van der Waals surface area contributed by atoms with Crippen LogP contribution in [0.1, 0.15) is 51.9 Å². The van der Waals surface area contributed by atoms with Crippen molar-refractivity contribution in [3.63, 3.8) is 0 Å². The highest BCUT2D eigenvalue weighted by atomic mass is 16.5. The summed E-state index contributed by atoms with van der Waals surface area (Å²) in [4.78, 5) is 13.8. The molecule has 1 heterocycles. The number of carbonyl (C=O) groups is 1. The summed E-state index contributed by atoms with van der Waals surface area (Å²) in [5.74, 6) is -1.04. The van der Waals surface area contributed by atoms with E-state index in [1.807, 2.05) is 0 Å². The molecule has 1 N–H and O–H groups in total. The van der Waals surface area contributed by atoms with Crippen molar-refractivity contribution >= 4 is 5.97 Å². The molecule has 110 valence electrons. The summed E-state index contributed by atoms with van der Waals surface area (Å²) in [7, 11) is 0. The highest BCUT2D eigenvalue weighted by molar-refractivity contribution is 5.71. The topological polar surface area (TPSA) is 49.8 Å². The van der Waals surface area contributed by atoms with Gasteiger partial charge >= 0.3 is 5.97 Å². The van der Waals surface area contributed by atoms with E-state index in [1.165, 1.54) is 38.5 Å². The fraction of sp³-hybridized carbons (Fsp3) is 0.933. The molecule has 1 aliphatic heterocycles. The highest BCUT2D eigenvalue weighted by Gasteiger charge is 2.40. The maximum absolute atomic E-state index is 11.4. The molecule has 0 aromatic rings. The van der Waals surface area contributed by atoms with Crippen molar-refractivity contribution in [2.24, 2.45) is 5.92 Å². The summed E-state index contributed by atoms with van der Waals surface area (Å²) in [5.41, 5.74) is 0. The van der Waals surface area contributed by atoms with Gasteiger partial charge in [-0.15, -0.1) is 0 Å². The van der Waals surface area contributed by atoms with Gasteiger partial charge in [-0.3, -0.25) is 9.69 Å². The summed E-state index contributed by atoms with van der Waals surface area (Å²) in [6.07, 6.45) is 8.78. The number of hydrogen-bond acceptors (Lipinski definition) is 3. The Labute approximate surface area is 116 Å². The molecule has 0 radical (unpaired) electrons. The number of carboxylic acid groups (broad SMARTS) is 1. The van der Waals surface area contributed by atoms with Crippen molar-refractivity contribution in [3.05, 3.63) is 0 Å². The molecule has 1 aliphatic carbocycles. The summed E-state index contributed by atoms with van der Waals surface area (Å²) in [6, 6.07) is 0.650. The Balaban J connectivity index is 2.06. The first-order valence-electron chi connectivity index (χ1n) is 7.80. The molecule has 1 saturated heterocycles. The smallest absolute Gasteiger partial charge is 0.310 e. The van der Waals surface area contributed by atoms with E-state index in [1.54, 1.807) is 0 Å². The Morgan fingerprint density at radius 1 is 1.21 bits per heavy atom. The van der Waals surface area contributed by atoms with Gasteiger partial charge in [-0.05, 0) is 25.8 Å². The van der Waals surface area contributed by atoms with E-state index in [4.69, 9.17) is 4.74 Å². The molecule has 2 fully saturated rings. The van der Waals surface area contributed by atoms with Crippen LogP contribution in [0.5, 0.6) is 0 Å². The van der Waals surface area contributed by atoms with Crippen LogP contribution >= 0.6 is 0 Å². The van der Waals surface area contributed by atoms with Crippen LogP contribution < -0.4 is 0 Å². The number of ether oxygens (including phenoxy) is 1. The van der Waals surface area contributed by atoms with Gasteiger partial charge in [-0.25, -0.2) is 0 Å². The molecule has 2 unspecified atom stereocenters. The molecule has 1 saturated carbocycles. The van der Waals surface area contributed by atoms with Crippen LogP contribution in [0.15, 0.2) is 0 Å². The van der Waals surface area contributed by atoms with Gasteiger partial charge in [0.05, 0.1) is 19.1 Å². The lowest BCUT2D eigenvalue weighted by Crippen LogP contribution is -2.48. The van der Waals surface area contributed by atoms with Crippen LogP contribution in [0, 0.1) is 5.92 Å². The minimum absolute atomic E-state index is 0.0838. The third kappa shape index (κ3) is 3.69. The van der Waals surface area contributed by atoms with Gasteiger partial charge in [0.25, 0.3) is 0 Å². The average molecular weight is 269 g/mol. The van der Waals surface area contributed by atoms with Crippen molar-refractivity contribution in [1.82, 2.24) is 4.90 Å². The molecule has 2 atom stereocenters. The van der Waals surface area contributed by atoms with Crippen LogP contribution in [-0.2, 0) is 9.53 Å². The van der Waals surface area contributed by atoms with Gasteiger partial charge in [-0.1, -0.05) is 32.6 Å². The predicted octanol–water partition coefficient (Wildman–Crippen LogP) is 2.52. The molecule has 4 heteroatoms. The zero-order chi connectivity index (χ0) is 13.7. The SMILES string of the molecule is CCCN(C1CCCCCC1)C1COCC1C(=O)O. The monoisotopic (exact) mass is 269 g/mol. The first-order valence-corrected chi connectivity index (χ1v) is 7.80. The van der Waals surface area contributed by atoms with E-state index in [0.29, 0.717) is 19.3 Å². The van der Waals surface area contributed by atoms with Crippen molar-refractivity contribution in [2.45, 2.75) is 64.0 Å². The molecule has 19 heavy (non-hydrogen) atoms. The van der Waals surface area contributed by atoms with Crippen molar-refractivity contribution in [2.75, 3.05) is 19.8 Å². The second-order valence-corrected chi connectivity index (χ2v) is 5.93. The normalized spacial score (nSPS) is 29.6. The molecule has 0 aromatic carbocycles. The lowest BCUT2D eigenvalue weighted by atomic mass is 9.97. The van der Waals surface area contributed by atoms with Crippen LogP contribution in [0.2, 0.25) is 0 Å². The number of nitrogens with zero attached hydrogens (tertiary/aromatic N) is 1. The lowest BCUT2D eigenvalue weighted by molar-refractivity contribution is -0.143. The lowest BCUT2D eigenvalue weighted by Gasteiger charge is -2.37. The molecule has 0 aromatic heterocycles. The van der Waals surface area contributed by atoms with Crippen LogP contribution in [0.4, 0.5) is 0 Å². The third-order valence-electron chi connectivity index (χ3n) is 4.57. The van der Waals surface area contributed by atoms with E-state index in [2.05, 4.69) is 11.8 Å². The number of rotatable bonds is 5. The van der Waals surface area contributed by atoms with E-state index in [0.717, 1.165) is 13.0 Å². The van der Waals surface area contributed by atoms with Crippen LogP contribution in [-0.4, -0.2) is 47.8 Å². The van der Waals surface area contributed by atoms with E-state index in [9.17, 15) is 9.90 Å². The molecule has 0 bridgehead atoms. The predicted molar refractivity (Wildman–Crippen MR) is 74.2 cm³/mol. The number of aliphatic carboxylic acids is 1. The Morgan fingerprint density at radius 2 is 1.89 bits per heavy atom. The fourth-order valence-corrected chi connectivity index (χ4v) is 3.57. The standard InChI is InChI=1S/C15H27NO3/c1-2-9-16(12-7-5-3-4-6-8-12)14-11-19-10-13(14)15(17)18/h12-14H,2-11H2,1H3,(H,17,18). The quantitative estimate of drug-likeness (QED) is 0.779. The zero-order valence-electron chi connectivity index (χ0n) is 12.0. The van der Waals surface area contributed by atoms with Crippen LogP contribution in [0.25, 0.3) is 0 Å². The Bertz CT molecular complexity index is 287. The first-order chi connectivity index (χ1) is 9.24. The summed E-state index contributed by atoms with van der Waals surface area (Å²) < 4.78 is 5.46. The number of hydrogen-bond donors (Lipinski definition) is 1. The van der Waals surface area contributed by atoms with Crippen molar-refractivity contribution in [3.8, 4) is 0 Å². The molecule has 2 aliphatic rings. The maximum Gasteiger partial charge on any atom is 0.310 e. The van der Waals surface area contributed by atoms with Crippen LogP contribution in [0.3, 0.4) is 0 Å². The Kier molecular flexibility index (Phi) is 5.64. The minimum atomic E-state index is -0.697. The molecule has 4 nitrogen and oxygen atoms in total. The van der Waals surface area contributed by atoms with Gasteiger partial charge in [0.1, 0.15) is 0 Å². The van der Waals surface area contributed by atoms with Gasteiger partial charge in [-0.2, -0.15) is 0 Å². The van der Waals surface area contributed by atoms with Crippen molar-refractivity contribution < 1.29 is 14.6 Å². The Hall–Kier alpha value is -0.610. The average Bonchev–Trinajstić information content (AvgIpc) is 2.72. The van der Waals surface area contributed by atoms with E-state index in [-0.39, 0.29) is 12.0 Å². The minimum Gasteiger partial charge on any atom is -0.481 e. The molecule has 0 spiro atoms. The highest BCUT2D eigenvalue weighted by Crippen LogP contribution is 2.28. The second-order valence-electron chi connectivity index (χ2n) is 5.93. The summed E-state index contributed by atoms with van der Waals surface area (Å²) in [5, 5.41) is 9.35. The van der Waals surface area contributed by atoms with Crippen molar-refractivity contribution in [1.29, 1.82) is 0 Å².